The zero-order valence-electron chi connectivity index (χ0n) is 10.5. The van der Waals surface area contributed by atoms with E-state index in [1.807, 2.05) is 26.0 Å². The van der Waals surface area contributed by atoms with Crippen molar-refractivity contribution in [1.29, 1.82) is 0 Å². The highest BCUT2D eigenvalue weighted by atomic mass is 16.3. The first-order valence-electron chi connectivity index (χ1n) is 5.86. The first kappa shape index (κ1) is 12.2. The lowest BCUT2D eigenvalue weighted by atomic mass is 10.2. The molecule has 4 nitrogen and oxygen atoms in total. The van der Waals surface area contributed by atoms with Gasteiger partial charge in [-0.1, -0.05) is 13.0 Å². The number of nitrogens with two attached hydrogens (primary N) is 1. The van der Waals surface area contributed by atoms with Crippen LogP contribution in [0.2, 0.25) is 0 Å². The van der Waals surface area contributed by atoms with Crippen molar-refractivity contribution in [3.05, 3.63) is 47.4 Å². The summed E-state index contributed by atoms with van der Waals surface area (Å²) in [7, 11) is 0. The van der Waals surface area contributed by atoms with Gasteiger partial charge in [0.05, 0.1) is 0 Å². The summed E-state index contributed by atoms with van der Waals surface area (Å²) in [5, 5.41) is 2.75. The molecule has 0 atom stereocenters. The van der Waals surface area contributed by atoms with Gasteiger partial charge < -0.3 is 15.5 Å². The van der Waals surface area contributed by atoms with Gasteiger partial charge in [-0.05, 0) is 36.8 Å². The van der Waals surface area contributed by atoms with Crippen LogP contribution in [-0.4, -0.2) is 5.91 Å². The number of carbonyl (C=O) groups excluding carboxylic acids is 1. The van der Waals surface area contributed by atoms with E-state index in [2.05, 4.69) is 5.32 Å². The van der Waals surface area contributed by atoms with Crippen molar-refractivity contribution >= 4 is 17.3 Å². The number of amides is 1. The van der Waals surface area contributed by atoms with Gasteiger partial charge in [-0.2, -0.15) is 0 Å². The van der Waals surface area contributed by atoms with Crippen LogP contribution in [0.5, 0.6) is 0 Å². The smallest absolute Gasteiger partial charge is 0.291 e. The number of furan rings is 1. The summed E-state index contributed by atoms with van der Waals surface area (Å²) >= 11 is 0. The number of carbonyl (C=O) groups is 1. The molecule has 2 rings (SSSR count). The summed E-state index contributed by atoms with van der Waals surface area (Å²) in [4.78, 5) is 11.9. The maximum absolute atomic E-state index is 11.9. The molecule has 3 N–H and O–H groups in total. The minimum absolute atomic E-state index is 0.266. The summed E-state index contributed by atoms with van der Waals surface area (Å²) in [5.74, 6) is 0.840. The summed E-state index contributed by atoms with van der Waals surface area (Å²) < 4.78 is 5.38. The quantitative estimate of drug-likeness (QED) is 0.815. The van der Waals surface area contributed by atoms with Crippen LogP contribution in [0.1, 0.15) is 28.8 Å². The first-order chi connectivity index (χ1) is 8.60. The standard InChI is InChI=1S/C14H16N2O2/c1-3-11-6-7-13(18-11)14(17)16-10-5-4-9(2)12(15)8-10/h4-8H,3,15H2,1-2H3,(H,16,17). The lowest BCUT2D eigenvalue weighted by molar-refractivity contribution is 0.0995. The highest BCUT2D eigenvalue weighted by molar-refractivity contribution is 6.02. The summed E-state index contributed by atoms with van der Waals surface area (Å²) in [6, 6.07) is 8.89. The van der Waals surface area contributed by atoms with Gasteiger partial charge in [-0.3, -0.25) is 4.79 Å². The molecule has 2 aromatic rings. The molecule has 0 unspecified atom stereocenters. The van der Waals surface area contributed by atoms with Crippen LogP contribution in [0, 0.1) is 6.92 Å². The van der Waals surface area contributed by atoms with E-state index in [1.165, 1.54) is 0 Å². The molecule has 0 fully saturated rings. The van der Waals surface area contributed by atoms with Crippen LogP contribution in [-0.2, 0) is 6.42 Å². The second-order valence-corrected chi connectivity index (χ2v) is 4.15. The molecule has 0 spiro atoms. The highest BCUT2D eigenvalue weighted by Crippen LogP contribution is 2.18. The number of hydrogen-bond donors (Lipinski definition) is 2. The number of benzene rings is 1. The molecule has 1 heterocycles. The summed E-state index contributed by atoms with van der Waals surface area (Å²) in [6.45, 7) is 3.89. The van der Waals surface area contributed by atoms with E-state index in [-0.39, 0.29) is 5.91 Å². The average molecular weight is 244 g/mol. The van der Waals surface area contributed by atoms with Gasteiger partial charge in [-0.15, -0.1) is 0 Å². The second kappa shape index (κ2) is 4.96. The van der Waals surface area contributed by atoms with Gasteiger partial charge in [0.2, 0.25) is 0 Å². The Morgan fingerprint density at radius 2 is 2.11 bits per heavy atom. The average Bonchev–Trinajstić information content (AvgIpc) is 2.82. The van der Waals surface area contributed by atoms with Crippen LogP contribution >= 0.6 is 0 Å². The molecule has 0 aliphatic carbocycles. The molecule has 94 valence electrons. The largest absolute Gasteiger partial charge is 0.456 e. The van der Waals surface area contributed by atoms with Crippen LogP contribution in [0.15, 0.2) is 34.7 Å². The Balaban J connectivity index is 2.13. The third kappa shape index (κ3) is 2.53. The highest BCUT2D eigenvalue weighted by Gasteiger charge is 2.11. The Labute approximate surface area is 106 Å². The summed E-state index contributed by atoms with van der Waals surface area (Å²) in [6.07, 6.45) is 0.769. The fourth-order valence-electron chi connectivity index (χ4n) is 1.60. The summed E-state index contributed by atoms with van der Waals surface area (Å²) in [5.41, 5.74) is 8.09. The fourth-order valence-corrected chi connectivity index (χ4v) is 1.60. The maximum Gasteiger partial charge on any atom is 0.291 e. The van der Waals surface area contributed by atoms with Gasteiger partial charge in [0.15, 0.2) is 5.76 Å². The molecule has 0 aliphatic rings. The van der Waals surface area contributed by atoms with E-state index in [1.54, 1.807) is 18.2 Å². The Morgan fingerprint density at radius 1 is 1.33 bits per heavy atom. The SMILES string of the molecule is CCc1ccc(C(=O)Nc2ccc(C)c(N)c2)o1. The third-order valence-corrected chi connectivity index (χ3v) is 2.77. The van der Waals surface area contributed by atoms with Crippen molar-refractivity contribution in [2.24, 2.45) is 0 Å². The van der Waals surface area contributed by atoms with Crippen molar-refractivity contribution in [3.63, 3.8) is 0 Å². The normalized spacial score (nSPS) is 10.3. The van der Waals surface area contributed by atoms with Gasteiger partial charge in [0.1, 0.15) is 5.76 Å². The number of aryl methyl sites for hydroxylation is 2. The van der Waals surface area contributed by atoms with Crippen molar-refractivity contribution in [2.75, 3.05) is 11.1 Å². The fraction of sp³-hybridized carbons (Fsp3) is 0.214. The Bertz CT molecular complexity index is 573. The third-order valence-electron chi connectivity index (χ3n) is 2.77. The van der Waals surface area contributed by atoms with E-state index in [0.717, 1.165) is 17.7 Å². The van der Waals surface area contributed by atoms with Crippen molar-refractivity contribution in [2.45, 2.75) is 20.3 Å². The Morgan fingerprint density at radius 3 is 2.72 bits per heavy atom. The molecule has 0 bridgehead atoms. The minimum atomic E-state index is -0.266. The van der Waals surface area contributed by atoms with Crippen LogP contribution in [0.3, 0.4) is 0 Å². The molecule has 1 aromatic heterocycles. The zero-order valence-corrected chi connectivity index (χ0v) is 10.5. The van der Waals surface area contributed by atoms with E-state index in [9.17, 15) is 4.79 Å². The second-order valence-electron chi connectivity index (χ2n) is 4.15. The topological polar surface area (TPSA) is 68.3 Å². The molecular weight excluding hydrogens is 228 g/mol. The van der Waals surface area contributed by atoms with Gasteiger partial charge in [0, 0.05) is 17.8 Å². The van der Waals surface area contributed by atoms with Gasteiger partial charge in [-0.25, -0.2) is 0 Å². The number of nitrogens with one attached hydrogen (secondary N) is 1. The molecule has 1 amide bonds. The van der Waals surface area contributed by atoms with Crippen LogP contribution in [0.4, 0.5) is 11.4 Å². The maximum atomic E-state index is 11.9. The van der Waals surface area contributed by atoms with E-state index >= 15 is 0 Å². The number of rotatable bonds is 3. The van der Waals surface area contributed by atoms with Gasteiger partial charge in [0.25, 0.3) is 5.91 Å². The van der Waals surface area contributed by atoms with E-state index in [0.29, 0.717) is 17.1 Å². The number of anilines is 2. The minimum Gasteiger partial charge on any atom is -0.456 e. The molecule has 0 saturated carbocycles. The molecule has 0 saturated heterocycles. The first-order valence-corrected chi connectivity index (χ1v) is 5.86. The molecule has 18 heavy (non-hydrogen) atoms. The molecular formula is C14H16N2O2. The van der Waals surface area contributed by atoms with Crippen molar-refractivity contribution in [3.8, 4) is 0 Å². The lowest BCUT2D eigenvalue weighted by Gasteiger charge is -2.06. The molecule has 0 radical (unpaired) electrons. The van der Waals surface area contributed by atoms with Crippen LogP contribution < -0.4 is 11.1 Å². The van der Waals surface area contributed by atoms with Crippen molar-refractivity contribution < 1.29 is 9.21 Å². The molecule has 0 aliphatic heterocycles. The number of nitrogen functional groups attached to an aromatic ring is 1. The van der Waals surface area contributed by atoms with E-state index in [4.69, 9.17) is 10.2 Å². The Kier molecular flexibility index (Phi) is 3.37. The predicted molar refractivity (Wildman–Crippen MR) is 71.6 cm³/mol. The number of hydrogen-bond acceptors (Lipinski definition) is 3. The molecule has 4 heteroatoms. The Hall–Kier alpha value is -2.23. The lowest BCUT2D eigenvalue weighted by Crippen LogP contribution is -2.11. The van der Waals surface area contributed by atoms with Gasteiger partial charge >= 0.3 is 0 Å². The predicted octanol–water partition coefficient (Wildman–Crippen LogP) is 2.98. The molecule has 1 aromatic carbocycles. The van der Waals surface area contributed by atoms with Crippen molar-refractivity contribution in [1.82, 2.24) is 0 Å². The van der Waals surface area contributed by atoms with Crippen LogP contribution in [0.25, 0.3) is 0 Å². The van der Waals surface area contributed by atoms with E-state index < -0.39 is 0 Å². The zero-order chi connectivity index (χ0) is 13.1. The monoisotopic (exact) mass is 244 g/mol.